The maximum absolute atomic E-state index is 4.55. The molecule has 0 aliphatic carbocycles. The number of nitrogens with one attached hydrogen (secondary N) is 1. The molecule has 2 aromatic heterocycles. The lowest BCUT2D eigenvalue weighted by atomic mass is 10.2. The lowest BCUT2D eigenvalue weighted by Gasteiger charge is -2.10. The summed E-state index contributed by atoms with van der Waals surface area (Å²) in [6.45, 7) is 9.23. The van der Waals surface area contributed by atoms with Gasteiger partial charge in [-0.2, -0.15) is 10.2 Å². The average molecular weight is 293 g/mol. The van der Waals surface area contributed by atoms with Gasteiger partial charge in [0.2, 0.25) is 0 Å². The Balaban J connectivity index is 2.28. The van der Waals surface area contributed by atoms with E-state index >= 15 is 0 Å². The maximum atomic E-state index is 4.55. The van der Waals surface area contributed by atoms with E-state index in [1.54, 1.807) is 11.8 Å². The van der Waals surface area contributed by atoms with Gasteiger partial charge in [0.15, 0.2) is 0 Å². The summed E-state index contributed by atoms with van der Waals surface area (Å²) in [5.41, 5.74) is 3.39. The van der Waals surface area contributed by atoms with Crippen molar-refractivity contribution in [2.45, 2.75) is 50.3 Å². The third-order valence-corrected chi connectivity index (χ3v) is 4.43. The largest absolute Gasteiger partial charge is 0.310 e. The lowest BCUT2D eigenvalue weighted by molar-refractivity contribution is 0.579. The Hall–Kier alpha value is -1.27. The molecule has 0 atom stereocenters. The van der Waals surface area contributed by atoms with Crippen LogP contribution in [0.5, 0.6) is 0 Å². The first-order valence-electron chi connectivity index (χ1n) is 6.82. The lowest BCUT2D eigenvalue weighted by Crippen LogP contribution is -2.22. The average Bonchev–Trinajstić information content (AvgIpc) is 2.78. The van der Waals surface area contributed by atoms with Crippen molar-refractivity contribution >= 4 is 11.8 Å². The summed E-state index contributed by atoms with van der Waals surface area (Å²) in [5.74, 6) is 0. The molecular weight excluding hydrogens is 270 g/mol. The van der Waals surface area contributed by atoms with E-state index in [-0.39, 0.29) is 0 Å². The summed E-state index contributed by atoms with van der Waals surface area (Å²) in [6.07, 6.45) is 0. The van der Waals surface area contributed by atoms with Crippen LogP contribution >= 0.6 is 11.8 Å². The van der Waals surface area contributed by atoms with Gasteiger partial charge in [0, 0.05) is 32.2 Å². The molecule has 5 nitrogen and oxygen atoms in total. The van der Waals surface area contributed by atoms with Gasteiger partial charge in [-0.25, -0.2) is 0 Å². The van der Waals surface area contributed by atoms with Gasteiger partial charge in [-0.1, -0.05) is 25.6 Å². The highest BCUT2D eigenvalue weighted by atomic mass is 32.2. The fourth-order valence-corrected chi connectivity index (χ4v) is 3.22. The quantitative estimate of drug-likeness (QED) is 0.920. The van der Waals surface area contributed by atoms with Crippen LogP contribution in [-0.2, 0) is 20.6 Å². The molecule has 20 heavy (non-hydrogen) atoms. The highest BCUT2D eigenvalue weighted by Gasteiger charge is 2.16. The van der Waals surface area contributed by atoms with Gasteiger partial charge in [0.1, 0.15) is 10.1 Å². The molecule has 0 amide bonds. The van der Waals surface area contributed by atoms with Crippen LogP contribution in [-0.4, -0.2) is 25.6 Å². The molecular formula is C14H23N5S. The van der Waals surface area contributed by atoms with Gasteiger partial charge in [-0.3, -0.25) is 9.36 Å². The van der Waals surface area contributed by atoms with Crippen molar-refractivity contribution in [1.82, 2.24) is 24.9 Å². The van der Waals surface area contributed by atoms with Crippen molar-refractivity contribution in [3.63, 3.8) is 0 Å². The summed E-state index contributed by atoms with van der Waals surface area (Å²) in [5, 5.41) is 14.7. The predicted molar refractivity (Wildman–Crippen MR) is 82.0 cm³/mol. The van der Waals surface area contributed by atoms with Gasteiger partial charge in [0.25, 0.3) is 0 Å². The maximum Gasteiger partial charge on any atom is 0.105 e. The second-order valence-electron chi connectivity index (χ2n) is 5.38. The number of rotatable bonds is 5. The van der Waals surface area contributed by atoms with Crippen LogP contribution in [0, 0.1) is 13.8 Å². The van der Waals surface area contributed by atoms with Crippen LogP contribution in [0.4, 0.5) is 0 Å². The zero-order valence-electron chi connectivity index (χ0n) is 13.1. The minimum atomic E-state index is 0.464. The highest BCUT2D eigenvalue weighted by molar-refractivity contribution is 7.99. The molecule has 0 fully saturated rings. The Labute approximate surface area is 124 Å². The van der Waals surface area contributed by atoms with Crippen LogP contribution in [0.15, 0.2) is 16.1 Å². The molecule has 110 valence electrons. The number of hydrogen-bond acceptors (Lipinski definition) is 4. The van der Waals surface area contributed by atoms with Crippen molar-refractivity contribution in [2.24, 2.45) is 14.1 Å². The number of aromatic nitrogens is 4. The SMILES string of the molecule is Cc1cc(Sc2c(CNC(C)C)c(C)nn2C)n(C)n1. The molecule has 0 aliphatic rings. The fraction of sp³-hybridized carbons (Fsp3) is 0.571. The molecule has 0 aromatic carbocycles. The van der Waals surface area contributed by atoms with Crippen molar-refractivity contribution in [2.75, 3.05) is 0 Å². The van der Waals surface area contributed by atoms with Gasteiger partial charge in [-0.05, 0) is 19.9 Å². The second-order valence-corrected chi connectivity index (χ2v) is 6.39. The standard InChI is InChI=1S/C14H23N5S/c1-9(2)15-8-12-11(4)17-19(6)14(12)20-13-7-10(3)16-18(13)5/h7,9,15H,8H2,1-6H3. The van der Waals surface area contributed by atoms with Gasteiger partial charge < -0.3 is 5.32 Å². The molecule has 6 heteroatoms. The Morgan fingerprint density at radius 2 is 1.90 bits per heavy atom. The van der Waals surface area contributed by atoms with E-state index in [2.05, 4.69) is 42.4 Å². The third kappa shape index (κ3) is 3.24. The van der Waals surface area contributed by atoms with Gasteiger partial charge in [-0.15, -0.1) is 0 Å². The Morgan fingerprint density at radius 3 is 2.45 bits per heavy atom. The van der Waals surface area contributed by atoms with Crippen molar-refractivity contribution in [3.8, 4) is 0 Å². The van der Waals surface area contributed by atoms with E-state index in [0.29, 0.717) is 6.04 Å². The summed E-state index contributed by atoms with van der Waals surface area (Å²) in [6, 6.07) is 2.57. The first-order chi connectivity index (χ1) is 9.38. The van der Waals surface area contributed by atoms with Crippen LogP contribution in [0.2, 0.25) is 0 Å². The third-order valence-electron chi connectivity index (χ3n) is 3.14. The van der Waals surface area contributed by atoms with Gasteiger partial charge in [0.05, 0.1) is 11.4 Å². The zero-order valence-corrected chi connectivity index (χ0v) is 13.9. The molecule has 0 aliphatic heterocycles. The predicted octanol–water partition coefficient (Wildman–Crippen LogP) is 2.42. The summed E-state index contributed by atoms with van der Waals surface area (Å²) in [4.78, 5) is 0. The molecule has 0 unspecified atom stereocenters. The number of aryl methyl sites for hydroxylation is 4. The summed E-state index contributed by atoms with van der Waals surface area (Å²) >= 11 is 1.72. The van der Waals surface area contributed by atoms with Gasteiger partial charge >= 0.3 is 0 Å². The van der Waals surface area contributed by atoms with Crippen LogP contribution in [0.25, 0.3) is 0 Å². The smallest absolute Gasteiger partial charge is 0.105 e. The van der Waals surface area contributed by atoms with E-state index in [1.807, 2.05) is 30.4 Å². The Bertz CT molecular complexity index is 597. The van der Waals surface area contributed by atoms with Crippen LogP contribution < -0.4 is 5.32 Å². The Morgan fingerprint density at radius 1 is 1.20 bits per heavy atom. The highest BCUT2D eigenvalue weighted by Crippen LogP contribution is 2.31. The minimum absolute atomic E-state index is 0.464. The van der Waals surface area contributed by atoms with E-state index in [1.165, 1.54) is 10.6 Å². The minimum Gasteiger partial charge on any atom is -0.310 e. The molecule has 0 radical (unpaired) electrons. The molecule has 0 spiro atoms. The van der Waals surface area contributed by atoms with Crippen LogP contribution in [0.3, 0.4) is 0 Å². The fourth-order valence-electron chi connectivity index (χ4n) is 2.10. The van der Waals surface area contributed by atoms with E-state index < -0.39 is 0 Å². The zero-order chi connectivity index (χ0) is 14.9. The second kappa shape index (κ2) is 6.01. The number of nitrogens with zero attached hydrogens (tertiary/aromatic N) is 4. The van der Waals surface area contributed by atoms with E-state index in [0.717, 1.165) is 23.0 Å². The van der Waals surface area contributed by atoms with Crippen molar-refractivity contribution in [1.29, 1.82) is 0 Å². The number of hydrogen-bond donors (Lipinski definition) is 1. The van der Waals surface area contributed by atoms with Crippen molar-refractivity contribution < 1.29 is 0 Å². The first kappa shape index (κ1) is 15.1. The van der Waals surface area contributed by atoms with Crippen molar-refractivity contribution in [3.05, 3.63) is 23.0 Å². The first-order valence-corrected chi connectivity index (χ1v) is 7.64. The molecule has 2 aromatic rings. The molecule has 0 bridgehead atoms. The summed E-state index contributed by atoms with van der Waals surface area (Å²) < 4.78 is 3.88. The molecule has 2 heterocycles. The molecule has 0 saturated heterocycles. The molecule has 1 N–H and O–H groups in total. The monoisotopic (exact) mass is 293 g/mol. The molecule has 0 saturated carbocycles. The normalized spacial score (nSPS) is 11.6. The topological polar surface area (TPSA) is 47.7 Å². The van der Waals surface area contributed by atoms with Crippen LogP contribution in [0.1, 0.15) is 30.8 Å². The Kier molecular flexibility index (Phi) is 4.55. The summed E-state index contributed by atoms with van der Waals surface area (Å²) in [7, 11) is 3.97. The van der Waals surface area contributed by atoms with E-state index in [9.17, 15) is 0 Å². The molecule has 2 rings (SSSR count). The van der Waals surface area contributed by atoms with E-state index in [4.69, 9.17) is 0 Å².